The van der Waals surface area contributed by atoms with E-state index >= 15 is 0 Å². The minimum Gasteiger partial charge on any atom is -0.318 e. The lowest BCUT2D eigenvalue weighted by Gasteiger charge is -2.11. The molecule has 0 aliphatic heterocycles. The third-order valence-corrected chi connectivity index (χ3v) is 3.95. The molecule has 0 radical (unpaired) electrons. The van der Waals surface area contributed by atoms with E-state index in [-0.39, 0.29) is 6.04 Å². The van der Waals surface area contributed by atoms with Gasteiger partial charge in [-0.05, 0) is 25.3 Å². The van der Waals surface area contributed by atoms with Crippen molar-refractivity contribution in [3.8, 4) is 0 Å². The molecule has 2 rings (SSSR count). The van der Waals surface area contributed by atoms with Crippen molar-refractivity contribution in [2.24, 2.45) is 5.73 Å². The topological polar surface area (TPSA) is 38.9 Å². The highest BCUT2D eigenvalue weighted by Crippen LogP contribution is 2.26. The van der Waals surface area contributed by atoms with Crippen molar-refractivity contribution in [2.45, 2.75) is 39.7 Å². The zero-order valence-corrected chi connectivity index (χ0v) is 12.2. The average Bonchev–Trinajstić information content (AvgIpc) is 2.75. The number of hydrogen-bond donors (Lipinski definition) is 1. The van der Waals surface area contributed by atoms with E-state index in [1.54, 1.807) is 11.3 Å². The molecule has 0 saturated heterocycles. The van der Waals surface area contributed by atoms with E-state index in [9.17, 15) is 0 Å². The number of nitrogens with zero attached hydrogens (tertiary/aromatic N) is 1. The van der Waals surface area contributed by atoms with Gasteiger partial charge in [-0.3, -0.25) is 0 Å². The first kappa shape index (κ1) is 13.2. The minimum atomic E-state index is -0.110. The fraction of sp³-hybridized carbons (Fsp3) is 0.400. The second-order valence-electron chi connectivity index (χ2n) is 5.16. The molecule has 0 aliphatic rings. The maximum atomic E-state index is 6.32. The van der Waals surface area contributed by atoms with E-state index in [0.717, 1.165) is 16.3 Å². The molecule has 2 N–H and O–H groups in total. The normalized spacial score (nSPS) is 13.0. The summed E-state index contributed by atoms with van der Waals surface area (Å²) in [7, 11) is 0. The Morgan fingerprint density at radius 1 is 1.11 bits per heavy atom. The van der Waals surface area contributed by atoms with Gasteiger partial charge < -0.3 is 5.73 Å². The minimum absolute atomic E-state index is 0.110. The summed E-state index contributed by atoms with van der Waals surface area (Å²) in [6.07, 6.45) is 0. The van der Waals surface area contributed by atoms with Gasteiger partial charge in [-0.25, -0.2) is 4.98 Å². The Morgan fingerprint density at radius 3 is 2.22 bits per heavy atom. The highest BCUT2D eigenvalue weighted by Gasteiger charge is 2.15. The van der Waals surface area contributed by atoms with Crippen molar-refractivity contribution in [1.29, 1.82) is 0 Å². The second kappa shape index (κ2) is 5.21. The first-order chi connectivity index (χ1) is 8.47. The van der Waals surface area contributed by atoms with Crippen molar-refractivity contribution in [3.63, 3.8) is 0 Å². The molecule has 0 bridgehead atoms. The predicted molar refractivity (Wildman–Crippen MR) is 78.1 cm³/mol. The van der Waals surface area contributed by atoms with Crippen LogP contribution >= 0.6 is 11.3 Å². The Morgan fingerprint density at radius 2 is 1.72 bits per heavy atom. The lowest BCUT2D eigenvalue weighted by atomic mass is 10.0. The molecule has 0 saturated carbocycles. The summed E-state index contributed by atoms with van der Waals surface area (Å²) < 4.78 is 0. The van der Waals surface area contributed by atoms with Crippen molar-refractivity contribution in [3.05, 3.63) is 51.0 Å². The monoisotopic (exact) mass is 260 g/mol. The summed E-state index contributed by atoms with van der Waals surface area (Å²) in [4.78, 5) is 4.64. The SMILES string of the molecule is Cc1cc(C)cc(C(N)c2nc(C(C)C)cs2)c1. The molecule has 18 heavy (non-hydrogen) atoms. The highest BCUT2D eigenvalue weighted by atomic mass is 32.1. The summed E-state index contributed by atoms with van der Waals surface area (Å²) in [6, 6.07) is 6.35. The van der Waals surface area contributed by atoms with Crippen LogP contribution in [0.2, 0.25) is 0 Å². The van der Waals surface area contributed by atoms with Crippen molar-refractivity contribution in [2.75, 3.05) is 0 Å². The van der Waals surface area contributed by atoms with Crippen molar-refractivity contribution < 1.29 is 0 Å². The van der Waals surface area contributed by atoms with E-state index in [2.05, 4.69) is 56.3 Å². The van der Waals surface area contributed by atoms with Crippen LogP contribution < -0.4 is 5.73 Å². The number of rotatable bonds is 3. The van der Waals surface area contributed by atoms with Crippen molar-refractivity contribution >= 4 is 11.3 Å². The van der Waals surface area contributed by atoms with Gasteiger partial charge in [0, 0.05) is 5.38 Å². The molecule has 0 aliphatic carbocycles. The maximum Gasteiger partial charge on any atom is 0.114 e. The summed E-state index contributed by atoms with van der Waals surface area (Å²) in [5, 5.41) is 3.12. The van der Waals surface area contributed by atoms with Gasteiger partial charge in [-0.1, -0.05) is 43.2 Å². The summed E-state index contributed by atoms with van der Waals surface area (Å²) in [5.74, 6) is 0.460. The van der Waals surface area contributed by atoms with Crippen molar-refractivity contribution in [1.82, 2.24) is 4.98 Å². The Labute approximate surface area is 113 Å². The Balaban J connectivity index is 2.31. The van der Waals surface area contributed by atoms with Crippen LogP contribution in [0.25, 0.3) is 0 Å². The summed E-state index contributed by atoms with van der Waals surface area (Å²) >= 11 is 1.66. The summed E-state index contributed by atoms with van der Waals surface area (Å²) in [6.45, 7) is 8.51. The van der Waals surface area contributed by atoms with E-state index < -0.39 is 0 Å². The maximum absolute atomic E-state index is 6.32. The Kier molecular flexibility index (Phi) is 3.83. The molecule has 2 aromatic rings. The van der Waals surface area contributed by atoms with E-state index in [0.29, 0.717) is 5.92 Å². The van der Waals surface area contributed by atoms with Gasteiger partial charge in [0.05, 0.1) is 11.7 Å². The second-order valence-corrected chi connectivity index (χ2v) is 6.05. The van der Waals surface area contributed by atoms with Crippen LogP contribution in [0, 0.1) is 13.8 Å². The molecular weight excluding hydrogens is 240 g/mol. The third-order valence-electron chi connectivity index (χ3n) is 3.00. The number of nitrogens with two attached hydrogens (primary N) is 1. The molecule has 96 valence electrons. The Bertz CT molecular complexity index is 523. The number of thiazole rings is 1. The third kappa shape index (κ3) is 2.79. The smallest absolute Gasteiger partial charge is 0.114 e. The molecular formula is C15H20N2S. The zero-order chi connectivity index (χ0) is 13.3. The molecule has 0 spiro atoms. The molecule has 0 amide bonds. The fourth-order valence-corrected chi connectivity index (χ4v) is 3.05. The van der Waals surface area contributed by atoms with Gasteiger partial charge in [-0.2, -0.15) is 0 Å². The molecule has 1 aromatic heterocycles. The van der Waals surface area contributed by atoms with Gasteiger partial charge in [0.15, 0.2) is 0 Å². The van der Waals surface area contributed by atoms with E-state index in [1.807, 2.05) is 0 Å². The van der Waals surface area contributed by atoms with Crippen LogP contribution in [0.4, 0.5) is 0 Å². The first-order valence-corrected chi connectivity index (χ1v) is 7.14. The van der Waals surface area contributed by atoms with Gasteiger partial charge >= 0.3 is 0 Å². The number of aryl methyl sites for hydroxylation is 2. The first-order valence-electron chi connectivity index (χ1n) is 6.26. The molecule has 0 fully saturated rings. The molecule has 1 heterocycles. The zero-order valence-electron chi connectivity index (χ0n) is 11.4. The van der Waals surface area contributed by atoms with E-state index in [4.69, 9.17) is 5.73 Å². The summed E-state index contributed by atoms with van der Waals surface area (Å²) in [5.41, 5.74) is 11.1. The van der Waals surface area contributed by atoms with Gasteiger partial charge in [-0.15, -0.1) is 11.3 Å². The molecule has 1 aromatic carbocycles. The fourth-order valence-electron chi connectivity index (χ4n) is 2.04. The molecule has 2 nitrogen and oxygen atoms in total. The lowest BCUT2D eigenvalue weighted by molar-refractivity contribution is 0.794. The Hall–Kier alpha value is -1.19. The quantitative estimate of drug-likeness (QED) is 0.908. The van der Waals surface area contributed by atoms with Crippen LogP contribution in [-0.2, 0) is 0 Å². The van der Waals surface area contributed by atoms with Gasteiger partial charge in [0.25, 0.3) is 0 Å². The molecule has 3 heteroatoms. The lowest BCUT2D eigenvalue weighted by Crippen LogP contribution is -2.12. The van der Waals surface area contributed by atoms with Gasteiger partial charge in [0.1, 0.15) is 5.01 Å². The average molecular weight is 260 g/mol. The van der Waals surface area contributed by atoms with Gasteiger partial charge in [0.2, 0.25) is 0 Å². The number of hydrogen-bond acceptors (Lipinski definition) is 3. The molecule has 1 atom stereocenters. The largest absolute Gasteiger partial charge is 0.318 e. The van der Waals surface area contributed by atoms with E-state index in [1.165, 1.54) is 11.1 Å². The standard InChI is InChI=1S/C15H20N2S/c1-9(2)13-8-18-15(17-13)14(16)12-6-10(3)5-11(4)7-12/h5-9,14H,16H2,1-4H3. The van der Waals surface area contributed by atoms with Crippen LogP contribution in [0.5, 0.6) is 0 Å². The van der Waals surface area contributed by atoms with Crippen LogP contribution in [0.15, 0.2) is 23.6 Å². The van der Waals surface area contributed by atoms with Crippen LogP contribution in [0.1, 0.15) is 53.2 Å². The van der Waals surface area contributed by atoms with Crippen LogP contribution in [-0.4, -0.2) is 4.98 Å². The number of aromatic nitrogens is 1. The predicted octanol–water partition coefficient (Wildman–Crippen LogP) is 3.93. The van der Waals surface area contributed by atoms with Crippen LogP contribution in [0.3, 0.4) is 0 Å². The number of benzene rings is 1. The highest BCUT2D eigenvalue weighted by molar-refractivity contribution is 7.09. The molecule has 1 unspecified atom stereocenters.